The van der Waals surface area contributed by atoms with Gasteiger partial charge in [-0.05, 0) is 71.6 Å². The molecule has 0 spiro atoms. The van der Waals surface area contributed by atoms with E-state index < -0.39 is 0 Å². The summed E-state index contributed by atoms with van der Waals surface area (Å²) in [7, 11) is 1.67. The van der Waals surface area contributed by atoms with Gasteiger partial charge in [-0.2, -0.15) is 4.99 Å². The number of piperidine rings is 1. The molecule has 0 radical (unpaired) electrons. The van der Waals surface area contributed by atoms with Crippen LogP contribution in [0.25, 0.3) is 16.8 Å². The normalized spacial score (nSPS) is 19.6. The molecule has 2 aromatic carbocycles. The molecule has 128 valence electrons. The molecule has 5 heteroatoms. The van der Waals surface area contributed by atoms with Crippen LogP contribution < -0.4 is 4.74 Å². The Morgan fingerprint density at radius 1 is 1.08 bits per heavy atom. The van der Waals surface area contributed by atoms with Crippen molar-refractivity contribution < 1.29 is 9.53 Å². The number of aliphatic imine (C=N–C) groups is 1. The summed E-state index contributed by atoms with van der Waals surface area (Å²) in [4.78, 5) is 19.5. The Labute approximate surface area is 151 Å². The first-order valence-electron chi connectivity index (χ1n) is 8.58. The molecule has 0 bridgehead atoms. The third-order valence-electron chi connectivity index (χ3n) is 4.61. The highest BCUT2D eigenvalue weighted by Gasteiger charge is 2.26. The number of methoxy groups -OCH3 is 1. The van der Waals surface area contributed by atoms with E-state index in [0.717, 1.165) is 40.3 Å². The Hall–Kier alpha value is -2.27. The zero-order valence-corrected chi connectivity index (χ0v) is 15.0. The topological polar surface area (TPSA) is 41.9 Å². The maximum Gasteiger partial charge on any atom is 0.286 e. The second-order valence-electron chi connectivity index (χ2n) is 6.33. The van der Waals surface area contributed by atoms with Crippen LogP contribution in [0.5, 0.6) is 5.75 Å². The SMILES string of the molecule is COc1ccc2cc(/C=C3\SC(N4CCCCC4)=NC3=O)ccc2c1. The van der Waals surface area contributed by atoms with Gasteiger partial charge in [-0.25, -0.2) is 0 Å². The highest BCUT2D eigenvalue weighted by atomic mass is 32.2. The minimum absolute atomic E-state index is 0.125. The summed E-state index contributed by atoms with van der Waals surface area (Å²) in [5.74, 6) is 0.722. The molecule has 0 unspecified atom stereocenters. The summed E-state index contributed by atoms with van der Waals surface area (Å²) < 4.78 is 5.26. The van der Waals surface area contributed by atoms with Gasteiger partial charge in [-0.3, -0.25) is 4.79 Å². The van der Waals surface area contributed by atoms with Crippen LogP contribution in [0.3, 0.4) is 0 Å². The first-order valence-corrected chi connectivity index (χ1v) is 9.40. The highest BCUT2D eigenvalue weighted by Crippen LogP contribution is 2.32. The molecule has 2 aliphatic rings. The lowest BCUT2D eigenvalue weighted by atomic mass is 10.1. The van der Waals surface area contributed by atoms with Crippen molar-refractivity contribution in [3.8, 4) is 5.75 Å². The molecule has 0 atom stereocenters. The van der Waals surface area contributed by atoms with Crippen molar-refractivity contribution in [2.75, 3.05) is 20.2 Å². The van der Waals surface area contributed by atoms with Gasteiger partial charge < -0.3 is 9.64 Å². The van der Waals surface area contributed by atoms with Crippen LogP contribution in [0.15, 0.2) is 46.3 Å². The maximum absolute atomic E-state index is 12.3. The van der Waals surface area contributed by atoms with Gasteiger partial charge in [0, 0.05) is 13.1 Å². The minimum atomic E-state index is -0.125. The molecule has 1 fully saturated rings. The minimum Gasteiger partial charge on any atom is -0.497 e. The van der Waals surface area contributed by atoms with Crippen LogP contribution in [-0.4, -0.2) is 36.2 Å². The first-order chi connectivity index (χ1) is 12.2. The van der Waals surface area contributed by atoms with Gasteiger partial charge in [0.1, 0.15) is 5.75 Å². The van der Waals surface area contributed by atoms with Crippen molar-refractivity contribution in [2.24, 2.45) is 4.99 Å². The lowest BCUT2D eigenvalue weighted by Gasteiger charge is -2.27. The number of nitrogens with zero attached hydrogens (tertiary/aromatic N) is 2. The molecule has 0 aliphatic carbocycles. The molecular formula is C20H20N2O2S. The number of hydrogen-bond acceptors (Lipinski definition) is 4. The lowest BCUT2D eigenvalue weighted by molar-refractivity contribution is -0.113. The molecule has 2 aromatic rings. The van der Waals surface area contributed by atoms with Gasteiger partial charge in [-0.15, -0.1) is 0 Å². The highest BCUT2D eigenvalue weighted by molar-refractivity contribution is 8.18. The first kappa shape index (κ1) is 16.2. The third kappa shape index (κ3) is 3.42. The van der Waals surface area contributed by atoms with Crippen LogP contribution >= 0.6 is 11.8 Å². The zero-order chi connectivity index (χ0) is 17.2. The van der Waals surface area contributed by atoms with E-state index in [1.54, 1.807) is 7.11 Å². The molecule has 1 amide bonds. The standard InChI is InChI=1S/C20H20N2O2S/c1-24-17-8-7-15-11-14(5-6-16(15)13-17)12-18-19(23)21-20(25-18)22-9-3-2-4-10-22/h5-8,11-13H,2-4,9-10H2,1H3/b18-12-. The van der Waals surface area contributed by atoms with Gasteiger partial charge >= 0.3 is 0 Å². The number of thioether (sulfide) groups is 1. The molecule has 4 rings (SSSR count). The van der Waals surface area contributed by atoms with Crippen molar-refractivity contribution in [2.45, 2.75) is 19.3 Å². The van der Waals surface area contributed by atoms with Crippen molar-refractivity contribution in [3.05, 3.63) is 46.9 Å². The van der Waals surface area contributed by atoms with Crippen LogP contribution in [0.2, 0.25) is 0 Å². The number of rotatable bonds is 2. The number of likely N-dealkylation sites (tertiary alicyclic amines) is 1. The lowest BCUT2D eigenvalue weighted by Crippen LogP contribution is -2.33. The van der Waals surface area contributed by atoms with Crippen molar-refractivity contribution in [1.82, 2.24) is 4.90 Å². The van der Waals surface area contributed by atoms with E-state index in [2.05, 4.69) is 22.0 Å². The Balaban J connectivity index is 1.56. The third-order valence-corrected chi connectivity index (χ3v) is 5.65. The summed E-state index contributed by atoms with van der Waals surface area (Å²) in [6, 6.07) is 12.2. The Kier molecular flexibility index (Phi) is 4.49. The van der Waals surface area contributed by atoms with E-state index in [1.165, 1.54) is 31.0 Å². The van der Waals surface area contributed by atoms with E-state index in [0.29, 0.717) is 4.91 Å². The van der Waals surface area contributed by atoms with E-state index in [1.807, 2.05) is 30.3 Å². The molecule has 0 aromatic heterocycles. The quantitative estimate of drug-likeness (QED) is 0.756. The molecule has 2 aliphatic heterocycles. The summed E-state index contributed by atoms with van der Waals surface area (Å²) in [6.45, 7) is 2.01. The predicted molar refractivity (Wildman–Crippen MR) is 104 cm³/mol. The van der Waals surface area contributed by atoms with E-state index in [9.17, 15) is 4.79 Å². The molecule has 1 saturated heterocycles. The largest absolute Gasteiger partial charge is 0.497 e. The molecule has 4 nitrogen and oxygen atoms in total. The smallest absolute Gasteiger partial charge is 0.286 e. The number of hydrogen-bond donors (Lipinski definition) is 0. The number of carbonyl (C=O) groups excluding carboxylic acids is 1. The Morgan fingerprint density at radius 2 is 1.84 bits per heavy atom. The van der Waals surface area contributed by atoms with Crippen LogP contribution in [0.1, 0.15) is 24.8 Å². The second kappa shape index (κ2) is 6.92. The molecule has 0 N–H and O–H groups in total. The number of amides is 1. The van der Waals surface area contributed by atoms with Crippen LogP contribution in [0.4, 0.5) is 0 Å². The molecule has 25 heavy (non-hydrogen) atoms. The zero-order valence-electron chi connectivity index (χ0n) is 14.2. The van der Waals surface area contributed by atoms with Crippen LogP contribution in [0, 0.1) is 0 Å². The fourth-order valence-electron chi connectivity index (χ4n) is 3.23. The van der Waals surface area contributed by atoms with E-state index in [-0.39, 0.29) is 5.91 Å². The van der Waals surface area contributed by atoms with Gasteiger partial charge in [0.05, 0.1) is 12.0 Å². The maximum atomic E-state index is 12.3. The summed E-state index contributed by atoms with van der Waals surface area (Å²) in [6.07, 6.45) is 5.58. The summed E-state index contributed by atoms with van der Waals surface area (Å²) >= 11 is 1.50. The average Bonchev–Trinajstić information content (AvgIpc) is 3.02. The second-order valence-corrected chi connectivity index (χ2v) is 7.34. The fourth-order valence-corrected chi connectivity index (χ4v) is 4.19. The number of carbonyl (C=O) groups is 1. The summed E-state index contributed by atoms with van der Waals surface area (Å²) in [5.41, 5.74) is 1.02. The molecule has 2 heterocycles. The van der Waals surface area contributed by atoms with Gasteiger partial charge in [0.15, 0.2) is 5.17 Å². The van der Waals surface area contributed by atoms with Gasteiger partial charge in [0.2, 0.25) is 0 Å². The fraction of sp³-hybridized carbons (Fsp3) is 0.300. The monoisotopic (exact) mass is 352 g/mol. The molecule has 0 saturated carbocycles. The van der Waals surface area contributed by atoms with Crippen molar-refractivity contribution >= 4 is 39.7 Å². The number of amidine groups is 1. The Bertz CT molecular complexity index is 882. The van der Waals surface area contributed by atoms with Crippen LogP contribution in [-0.2, 0) is 4.79 Å². The number of ether oxygens (including phenoxy) is 1. The number of benzene rings is 2. The van der Waals surface area contributed by atoms with Crippen molar-refractivity contribution in [1.29, 1.82) is 0 Å². The van der Waals surface area contributed by atoms with Gasteiger partial charge in [-0.1, -0.05) is 18.2 Å². The number of fused-ring (bicyclic) bond motifs is 1. The van der Waals surface area contributed by atoms with E-state index >= 15 is 0 Å². The van der Waals surface area contributed by atoms with Gasteiger partial charge in [0.25, 0.3) is 5.91 Å². The average molecular weight is 352 g/mol. The van der Waals surface area contributed by atoms with E-state index in [4.69, 9.17) is 4.74 Å². The van der Waals surface area contributed by atoms with Crippen molar-refractivity contribution in [3.63, 3.8) is 0 Å². The molecular weight excluding hydrogens is 332 g/mol. The predicted octanol–water partition coefficient (Wildman–Crippen LogP) is 4.30. The summed E-state index contributed by atoms with van der Waals surface area (Å²) in [5, 5.41) is 3.11. The Morgan fingerprint density at radius 3 is 2.64 bits per heavy atom.